The molecule has 4 heteroatoms. The Bertz CT molecular complexity index is 410. The molecular formula is C14H19NO3. The summed E-state index contributed by atoms with van der Waals surface area (Å²) in [5.41, 5.74) is 1.71. The summed E-state index contributed by atoms with van der Waals surface area (Å²) in [5, 5.41) is 11.7. The van der Waals surface area contributed by atoms with E-state index < -0.39 is 5.97 Å². The third kappa shape index (κ3) is 5.39. The van der Waals surface area contributed by atoms with E-state index >= 15 is 0 Å². The van der Waals surface area contributed by atoms with Gasteiger partial charge in [-0.2, -0.15) is 0 Å². The summed E-state index contributed by atoms with van der Waals surface area (Å²) in [5.74, 6) is -0.0715. The van der Waals surface area contributed by atoms with E-state index in [2.05, 4.69) is 12.2 Å². The van der Waals surface area contributed by atoms with Crippen LogP contribution in [-0.4, -0.2) is 24.2 Å². The van der Waals surface area contributed by atoms with Crippen LogP contribution < -0.4 is 10.1 Å². The van der Waals surface area contributed by atoms with Crippen LogP contribution in [-0.2, 0) is 4.79 Å². The van der Waals surface area contributed by atoms with Crippen molar-refractivity contribution in [3.05, 3.63) is 35.9 Å². The topological polar surface area (TPSA) is 58.6 Å². The number of ether oxygens (including phenoxy) is 1. The molecule has 0 amide bonds. The molecule has 0 saturated heterocycles. The SMILES string of the molecule is CCCOc1ccc(NC/C(C)=C/C(=O)O)cc1. The molecule has 0 bridgehead atoms. The number of nitrogens with one attached hydrogen (secondary N) is 1. The lowest BCUT2D eigenvalue weighted by atomic mass is 10.2. The highest BCUT2D eigenvalue weighted by Crippen LogP contribution is 2.16. The second-order valence-corrected chi connectivity index (χ2v) is 4.06. The Kier molecular flexibility index (Phi) is 5.77. The average molecular weight is 249 g/mol. The smallest absolute Gasteiger partial charge is 0.328 e. The van der Waals surface area contributed by atoms with Gasteiger partial charge in [-0.1, -0.05) is 6.92 Å². The fraction of sp³-hybridized carbons (Fsp3) is 0.357. The molecule has 98 valence electrons. The van der Waals surface area contributed by atoms with Gasteiger partial charge >= 0.3 is 5.97 Å². The van der Waals surface area contributed by atoms with Crippen molar-refractivity contribution in [2.45, 2.75) is 20.3 Å². The van der Waals surface area contributed by atoms with Gasteiger partial charge in [0, 0.05) is 18.3 Å². The van der Waals surface area contributed by atoms with Crippen molar-refractivity contribution in [3.8, 4) is 5.75 Å². The van der Waals surface area contributed by atoms with Crippen molar-refractivity contribution < 1.29 is 14.6 Å². The monoisotopic (exact) mass is 249 g/mol. The molecule has 1 aromatic rings. The molecule has 4 nitrogen and oxygen atoms in total. The maximum Gasteiger partial charge on any atom is 0.328 e. The number of hydrogen-bond donors (Lipinski definition) is 2. The zero-order valence-corrected chi connectivity index (χ0v) is 10.8. The number of carbonyl (C=O) groups is 1. The molecule has 1 rings (SSSR count). The Balaban J connectivity index is 2.46. The minimum Gasteiger partial charge on any atom is -0.494 e. The minimum atomic E-state index is -0.919. The van der Waals surface area contributed by atoms with Crippen LogP contribution >= 0.6 is 0 Å². The number of benzene rings is 1. The number of aliphatic carboxylic acids is 1. The van der Waals surface area contributed by atoms with Crippen LogP contribution in [0.5, 0.6) is 5.75 Å². The summed E-state index contributed by atoms with van der Waals surface area (Å²) >= 11 is 0. The lowest BCUT2D eigenvalue weighted by Gasteiger charge is -2.08. The van der Waals surface area contributed by atoms with E-state index in [1.165, 1.54) is 6.08 Å². The predicted octanol–water partition coefficient (Wildman–Crippen LogP) is 2.92. The van der Waals surface area contributed by atoms with Gasteiger partial charge in [0.1, 0.15) is 5.75 Å². The zero-order chi connectivity index (χ0) is 13.4. The van der Waals surface area contributed by atoms with Crippen LogP contribution in [0.25, 0.3) is 0 Å². The largest absolute Gasteiger partial charge is 0.494 e. The van der Waals surface area contributed by atoms with Gasteiger partial charge in [0.2, 0.25) is 0 Å². The van der Waals surface area contributed by atoms with Gasteiger partial charge < -0.3 is 15.2 Å². The molecule has 0 aromatic heterocycles. The van der Waals surface area contributed by atoms with Gasteiger partial charge in [-0.15, -0.1) is 0 Å². The average Bonchev–Trinajstić information content (AvgIpc) is 2.34. The van der Waals surface area contributed by atoms with Crippen molar-refractivity contribution in [2.75, 3.05) is 18.5 Å². The van der Waals surface area contributed by atoms with Gasteiger partial charge in [-0.3, -0.25) is 0 Å². The second-order valence-electron chi connectivity index (χ2n) is 4.06. The minimum absolute atomic E-state index is 0.515. The third-order valence-corrected chi connectivity index (χ3v) is 2.27. The molecule has 0 aliphatic heterocycles. The van der Waals surface area contributed by atoms with Crippen molar-refractivity contribution in [3.63, 3.8) is 0 Å². The molecule has 1 aromatic carbocycles. The number of carboxylic acid groups (broad SMARTS) is 1. The first-order valence-corrected chi connectivity index (χ1v) is 5.98. The van der Waals surface area contributed by atoms with Gasteiger partial charge in [0.15, 0.2) is 0 Å². The Morgan fingerprint density at radius 3 is 2.61 bits per heavy atom. The summed E-state index contributed by atoms with van der Waals surface area (Å²) in [6.07, 6.45) is 2.19. The Morgan fingerprint density at radius 2 is 2.06 bits per heavy atom. The van der Waals surface area contributed by atoms with Crippen LogP contribution in [0.3, 0.4) is 0 Å². The quantitative estimate of drug-likeness (QED) is 0.729. The molecule has 0 unspecified atom stereocenters. The van der Waals surface area contributed by atoms with Crippen LogP contribution in [0.4, 0.5) is 5.69 Å². The van der Waals surface area contributed by atoms with Gasteiger partial charge in [-0.05, 0) is 43.2 Å². The first-order valence-electron chi connectivity index (χ1n) is 5.98. The van der Waals surface area contributed by atoms with E-state index in [9.17, 15) is 4.79 Å². The molecular weight excluding hydrogens is 230 g/mol. The van der Waals surface area contributed by atoms with Crippen molar-refractivity contribution in [1.29, 1.82) is 0 Å². The Labute approximate surface area is 107 Å². The lowest BCUT2D eigenvalue weighted by molar-refractivity contribution is -0.131. The lowest BCUT2D eigenvalue weighted by Crippen LogP contribution is -2.04. The maximum absolute atomic E-state index is 10.4. The number of carboxylic acids is 1. The van der Waals surface area contributed by atoms with Crippen LogP contribution in [0.2, 0.25) is 0 Å². The van der Waals surface area contributed by atoms with Crippen LogP contribution in [0.15, 0.2) is 35.9 Å². The standard InChI is InChI=1S/C14H19NO3/c1-3-8-18-13-6-4-12(5-7-13)15-10-11(2)9-14(16)17/h4-7,9,15H,3,8,10H2,1-2H3,(H,16,17)/b11-9+. The summed E-state index contributed by atoms with van der Waals surface area (Å²) in [6, 6.07) is 7.63. The molecule has 0 radical (unpaired) electrons. The van der Waals surface area contributed by atoms with E-state index in [1.54, 1.807) is 6.92 Å². The van der Waals surface area contributed by atoms with Crippen molar-refractivity contribution in [1.82, 2.24) is 0 Å². The van der Waals surface area contributed by atoms with Gasteiger partial charge in [0.05, 0.1) is 6.61 Å². The number of anilines is 1. The predicted molar refractivity (Wildman–Crippen MR) is 72.1 cm³/mol. The highest BCUT2D eigenvalue weighted by atomic mass is 16.5. The fourth-order valence-corrected chi connectivity index (χ4v) is 1.39. The second kappa shape index (κ2) is 7.37. The molecule has 0 aliphatic carbocycles. The zero-order valence-electron chi connectivity index (χ0n) is 10.8. The Hall–Kier alpha value is -1.97. The molecule has 0 heterocycles. The molecule has 0 saturated carbocycles. The maximum atomic E-state index is 10.4. The molecule has 2 N–H and O–H groups in total. The van der Waals surface area contributed by atoms with Gasteiger partial charge in [-0.25, -0.2) is 4.79 Å². The summed E-state index contributed by atoms with van der Waals surface area (Å²) < 4.78 is 5.47. The number of rotatable bonds is 7. The molecule has 0 atom stereocenters. The van der Waals surface area contributed by atoms with E-state index in [1.807, 2.05) is 24.3 Å². The normalized spacial score (nSPS) is 11.1. The van der Waals surface area contributed by atoms with E-state index in [4.69, 9.17) is 9.84 Å². The molecule has 18 heavy (non-hydrogen) atoms. The van der Waals surface area contributed by atoms with Crippen molar-refractivity contribution in [2.24, 2.45) is 0 Å². The number of hydrogen-bond acceptors (Lipinski definition) is 3. The van der Waals surface area contributed by atoms with E-state index in [0.29, 0.717) is 13.2 Å². The fourth-order valence-electron chi connectivity index (χ4n) is 1.39. The van der Waals surface area contributed by atoms with E-state index in [-0.39, 0.29) is 0 Å². The first-order chi connectivity index (χ1) is 8.61. The van der Waals surface area contributed by atoms with Gasteiger partial charge in [0.25, 0.3) is 0 Å². The van der Waals surface area contributed by atoms with E-state index in [0.717, 1.165) is 23.4 Å². The summed E-state index contributed by atoms with van der Waals surface area (Å²) in [4.78, 5) is 10.4. The van der Waals surface area contributed by atoms with Crippen LogP contribution in [0, 0.1) is 0 Å². The molecule has 0 aliphatic rings. The molecule has 0 spiro atoms. The highest BCUT2D eigenvalue weighted by Gasteiger charge is 1.97. The first kappa shape index (κ1) is 14.1. The summed E-state index contributed by atoms with van der Waals surface area (Å²) in [7, 11) is 0. The highest BCUT2D eigenvalue weighted by molar-refractivity contribution is 5.80. The van der Waals surface area contributed by atoms with Crippen LogP contribution in [0.1, 0.15) is 20.3 Å². The molecule has 0 fully saturated rings. The summed E-state index contributed by atoms with van der Waals surface area (Å²) in [6.45, 7) is 5.07. The third-order valence-electron chi connectivity index (χ3n) is 2.27. The van der Waals surface area contributed by atoms with Crippen molar-refractivity contribution >= 4 is 11.7 Å². The Morgan fingerprint density at radius 1 is 1.39 bits per heavy atom.